The fourth-order valence-corrected chi connectivity index (χ4v) is 4.14. The number of carbonyl (C=O) groups excluding carboxylic acids is 1. The van der Waals surface area contributed by atoms with Gasteiger partial charge in [0.15, 0.2) is 11.5 Å². The lowest BCUT2D eigenvalue weighted by Crippen LogP contribution is -2.28. The van der Waals surface area contributed by atoms with Gasteiger partial charge >= 0.3 is 0 Å². The van der Waals surface area contributed by atoms with E-state index in [1.165, 1.54) is 28.2 Å². The Kier molecular flexibility index (Phi) is 10.3. The summed E-state index contributed by atoms with van der Waals surface area (Å²) in [6.45, 7) is 0.863. The van der Waals surface area contributed by atoms with Gasteiger partial charge in [-0.25, -0.2) is 4.39 Å². The molecule has 7 heteroatoms. The molecule has 0 saturated carbocycles. The summed E-state index contributed by atoms with van der Waals surface area (Å²) < 4.78 is 28.9. The Morgan fingerprint density at radius 3 is 2.26 bits per heavy atom. The van der Waals surface area contributed by atoms with E-state index in [0.29, 0.717) is 6.54 Å². The Balaban J connectivity index is 1.31. The molecule has 3 aromatic rings. The molecule has 0 bridgehead atoms. The van der Waals surface area contributed by atoms with Gasteiger partial charge in [0.05, 0.1) is 20.8 Å². The topological polar surface area (TPSA) is 56.8 Å². The lowest BCUT2D eigenvalue weighted by molar-refractivity contribution is -0.126. The van der Waals surface area contributed by atoms with E-state index in [4.69, 9.17) is 14.2 Å². The van der Waals surface area contributed by atoms with Gasteiger partial charge in [-0.2, -0.15) is 0 Å². The Bertz CT molecular complexity index is 1040. The van der Waals surface area contributed by atoms with E-state index in [9.17, 15) is 9.18 Å². The molecule has 0 unspecified atom stereocenters. The van der Waals surface area contributed by atoms with E-state index in [-0.39, 0.29) is 24.9 Å². The minimum absolute atomic E-state index is 0.0105. The highest BCUT2D eigenvalue weighted by molar-refractivity contribution is 7.98. The van der Waals surface area contributed by atoms with Gasteiger partial charge < -0.3 is 19.5 Å². The quantitative estimate of drug-likeness (QED) is 0.261. The van der Waals surface area contributed by atoms with Crippen LogP contribution in [0, 0.1) is 5.82 Å². The number of hydrogen-bond acceptors (Lipinski definition) is 5. The zero-order valence-corrected chi connectivity index (χ0v) is 20.3. The minimum Gasteiger partial charge on any atom is -0.493 e. The van der Waals surface area contributed by atoms with Crippen LogP contribution in [0.2, 0.25) is 0 Å². The lowest BCUT2D eigenvalue weighted by atomic mass is 10.1. The van der Waals surface area contributed by atoms with Gasteiger partial charge in [-0.1, -0.05) is 30.3 Å². The monoisotopic (exact) mass is 483 g/mol. The van der Waals surface area contributed by atoms with Crippen LogP contribution in [0.4, 0.5) is 4.39 Å². The smallest absolute Gasteiger partial charge is 0.246 e. The highest BCUT2D eigenvalue weighted by Gasteiger charge is 2.06. The fourth-order valence-electron chi connectivity index (χ4n) is 3.30. The first-order valence-electron chi connectivity index (χ1n) is 11.1. The zero-order chi connectivity index (χ0) is 24.2. The average molecular weight is 484 g/mol. The molecule has 0 radical (unpaired) electrons. The number of hydrogen-bond donors (Lipinski definition) is 1. The Labute approximate surface area is 204 Å². The van der Waals surface area contributed by atoms with Crippen molar-refractivity contribution in [1.29, 1.82) is 0 Å². The summed E-state index contributed by atoms with van der Waals surface area (Å²) in [6.07, 6.45) is 1.74. The van der Waals surface area contributed by atoms with E-state index in [2.05, 4.69) is 29.6 Å². The van der Waals surface area contributed by atoms with Crippen molar-refractivity contribution in [2.24, 2.45) is 0 Å². The van der Waals surface area contributed by atoms with Crippen molar-refractivity contribution in [2.45, 2.75) is 30.1 Å². The third-order valence-electron chi connectivity index (χ3n) is 5.16. The first-order valence-corrected chi connectivity index (χ1v) is 12.1. The maximum atomic E-state index is 12.9. The molecule has 0 spiro atoms. The van der Waals surface area contributed by atoms with Crippen molar-refractivity contribution in [2.75, 3.05) is 27.4 Å². The number of halogens is 1. The van der Waals surface area contributed by atoms with E-state index in [1.807, 2.05) is 18.2 Å². The highest BCUT2D eigenvalue weighted by atomic mass is 32.2. The predicted molar refractivity (Wildman–Crippen MR) is 133 cm³/mol. The number of amides is 1. The first-order chi connectivity index (χ1) is 16.6. The van der Waals surface area contributed by atoms with E-state index in [0.717, 1.165) is 35.7 Å². The number of benzene rings is 3. The molecule has 0 saturated heterocycles. The number of carbonyl (C=O) groups is 1. The molecule has 0 aliphatic heterocycles. The second kappa shape index (κ2) is 13.6. The maximum absolute atomic E-state index is 12.9. The van der Waals surface area contributed by atoms with Crippen LogP contribution < -0.4 is 14.8 Å². The summed E-state index contributed by atoms with van der Waals surface area (Å²) in [5, 5.41) is 2.87. The van der Waals surface area contributed by atoms with Crippen LogP contribution in [0.15, 0.2) is 71.6 Å². The molecule has 3 rings (SSSR count). The van der Waals surface area contributed by atoms with Crippen molar-refractivity contribution < 1.29 is 23.4 Å². The molecule has 0 aromatic heterocycles. The van der Waals surface area contributed by atoms with Crippen LogP contribution in [0.5, 0.6) is 11.5 Å². The van der Waals surface area contributed by atoms with Crippen LogP contribution in [-0.4, -0.2) is 33.3 Å². The zero-order valence-electron chi connectivity index (χ0n) is 19.5. The van der Waals surface area contributed by atoms with Crippen molar-refractivity contribution in [3.05, 3.63) is 89.2 Å². The predicted octanol–water partition coefficient (Wildman–Crippen LogP) is 5.40. The van der Waals surface area contributed by atoms with Gasteiger partial charge in [-0.15, -0.1) is 11.8 Å². The van der Waals surface area contributed by atoms with Gasteiger partial charge in [0, 0.05) is 17.2 Å². The molecule has 3 aromatic carbocycles. The van der Waals surface area contributed by atoms with E-state index >= 15 is 0 Å². The maximum Gasteiger partial charge on any atom is 0.246 e. The van der Waals surface area contributed by atoms with Gasteiger partial charge in [-0.05, 0) is 65.9 Å². The second-order valence-corrected chi connectivity index (χ2v) is 8.74. The summed E-state index contributed by atoms with van der Waals surface area (Å²) >= 11 is 1.77. The average Bonchev–Trinajstić information content (AvgIpc) is 2.87. The second-order valence-electron chi connectivity index (χ2n) is 7.69. The molecule has 34 heavy (non-hydrogen) atoms. The number of nitrogens with one attached hydrogen (secondary N) is 1. The van der Waals surface area contributed by atoms with E-state index in [1.54, 1.807) is 38.1 Å². The van der Waals surface area contributed by atoms with Crippen molar-refractivity contribution >= 4 is 17.7 Å². The molecule has 5 nitrogen and oxygen atoms in total. The number of methoxy groups -OCH3 is 2. The largest absolute Gasteiger partial charge is 0.493 e. The molecule has 0 fully saturated rings. The molecule has 0 aliphatic rings. The van der Waals surface area contributed by atoms with Crippen LogP contribution in [-0.2, 0) is 28.3 Å². The molecular formula is C27H30FNO4S. The molecular weight excluding hydrogens is 453 g/mol. The van der Waals surface area contributed by atoms with E-state index < -0.39 is 0 Å². The van der Waals surface area contributed by atoms with Gasteiger partial charge in [0.25, 0.3) is 0 Å². The molecule has 0 aliphatic carbocycles. The van der Waals surface area contributed by atoms with Gasteiger partial charge in [-0.3, -0.25) is 4.79 Å². The van der Waals surface area contributed by atoms with Crippen LogP contribution in [0.25, 0.3) is 0 Å². The van der Waals surface area contributed by atoms with Crippen molar-refractivity contribution in [1.82, 2.24) is 5.32 Å². The summed E-state index contributed by atoms with van der Waals surface area (Å²) in [6, 6.07) is 20.5. The molecule has 1 N–H and O–H groups in total. The summed E-state index contributed by atoms with van der Waals surface area (Å²) in [5.41, 5.74) is 3.24. The van der Waals surface area contributed by atoms with Crippen LogP contribution in [0.3, 0.4) is 0 Å². The minimum atomic E-state index is -0.288. The lowest BCUT2D eigenvalue weighted by Gasteiger charge is -2.10. The van der Waals surface area contributed by atoms with Gasteiger partial charge in [0.1, 0.15) is 12.4 Å². The molecule has 1 amide bonds. The number of thioether (sulfide) groups is 1. The van der Waals surface area contributed by atoms with Gasteiger partial charge in [0.2, 0.25) is 5.91 Å². The standard InChI is InChI=1S/C27H30FNO4S/c1-31-25-14-9-22(16-26(25)32-2)19-34-24-12-7-20(8-13-24)4-3-15-29-27(30)18-33-17-21-5-10-23(28)11-6-21/h5-14,16H,3-4,15,17-19H2,1-2H3,(H,29,30). The number of ether oxygens (including phenoxy) is 3. The van der Waals surface area contributed by atoms with Crippen molar-refractivity contribution in [3.8, 4) is 11.5 Å². The fraction of sp³-hybridized carbons (Fsp3) is 0.296. The summed E-state index contributed by atoms with van der Waals surface area (Å²) in [4.78, 5) is 13.1. The first kappa shape index (κ1) is 25.6. The van der Waals surface area contributed by atoms with Crippen molar-refractivity contribution in [3.63, 3.8) is 0 Å². The van der Waals surface area contributed by atoms with Crippen LogP contribution >= 0.6 is 11.8 Å². The molecule has 180 valence electrons. The summed E-state index contributed by atoms with van der Waals surface area (Å²) in [5.74, 6) is 1.87. The SMILES string of the molecule is COc1ccc(CSc2ccc(CCCNC(=O)COCc3ccc(F)cc3)cc2)cc1OC. The molecule has 0 atom stereocenters. The third kappa shape index (κ3) is 8.39. The molecule has 0 heterocycles. The number of aryl methyl sites for hydroxylation is 1. The van der Waals surface area contributed by atoms with Crippen LogP contribution in [0.1, 0.15) is 23.1 Å². The number of rotatable bonds is 13. The normalized spacial score (nSPS) is 10.7. The Morgan fingerprint density at radius 1 is 0.882 bits per heavy atom. The highest BCUT2D eigenvalue weighted by Crippen LogP contribution is 2.31. The Morgan fingerprint density at radius 2 is 1.56 bits per heavy atom. The third-order valence-corrected chi connectivity index (χ3v) is 6.24. The summed E-state index contributed by atoms with van der Waals surface area (Å²) in [7, 11) is 3.27. The Hall–Kier alpha value is -3.03.